The largest absolute Gasteiger partial charge is 0.363 e. The van der Waals surface area contributed by atoms with Crippen molar-refractivity contribution in [1.82, 2.24) is 4.90 Å². The third-order valence-corrected chi connectivity index (χ3v) is 3.40. The molecule has 1 fully saturated rings. The summed E-state index contributed by atoms with van der Waals surface area (Å²) in [6.45, 7) is 2.20. The molecule has 1 aliphatic rings. The number of benzene rings is 1. The van der Waals surface area contributed by atoms with Gasteiger partial charge in [0.1, 0.15) is 0 Å². The SMILES string of the molecule is Clc1ccc(N=CN2CCCCC2)cc1Cl. The number of hydrogen-bond donors (Lipinski definition) is 0. The van der Waals surface area contributed by atoms with Crippen molar-refractivity contribution in [1.29, 1.82) is 0 Å². The van der Waals surface area contributed by atoms with E-state index in [4.69, 9.17) is 23.2 Å². The normalized spacial score (nSPS) is 17.0. The van der Waals surface area contributed by atoms with Crippen LogP contribution in [0, 0.1) is 0 Å². The van der Waals surface area contributed by atoms with Gasteiger partial charge in [-0.3, -0.25) is 0 Å². The smallest absolute Gasteiger partial charge is 0.0912 e. The van der Waals surface area contributed by atoms with Crippen molar-refractivity contribution in [2.75, 3.05) is 13.1 Å². The maximum atomic E-state index is 5.92. The van der Waals surface area contributed by atoms with E-state index in [1.807, 2.05) is 12.4 Å². The van der Waals surface area contributed by atoms with Crippen LogP contribution in [0.15, 0.2) is 23.2 Å². The second-order valence-electron chi connectivity index (χ2n) is 3.94. The Morgan fingerprint density at radius 1 is 1.06 bits per heavy atom. The molecule has 0 spiro atoms. The van der Waals surface area contributed by atoms with E-state index in [2.05, 4.69) is 9.89 Å². The van der Waals surface area contributed by atoms with E-state index in [0.717, 1.165) is 18.8 Å². The summed E-state index contributed by atoms with van der Waals surface area (Å²) in [5.41, 5.74) is 0.847. The quantitative estimate of drug-likeness (QED) is 0.574. The van der Waals surface area contributed by atoms with Crippen LogP contribution in [0.4, 0.5) is 5.69 Å². The summed E-state index contributed by atoms with van der Waals surface area (Å²) < 4.78 is 0. The molecular formula is C12H14Cl2N2. The highest BCUT2D eigenvalue weighted by atomic mass is 35.5. The van der Waals surface area contributed by atoms with Crippen LogP contribution >= 0.6 is 23.2 Å². The van der Waals surface area contributed by atoms with E-state index < -0.39 is 0 Å². The number of halogens is 2. The maximum absolute atomic E-state index is 5.92. The van der Waals surface area contributed by atoms with Crippen molar-refractivity contribution in [2.24, 2.45) is 4.99 Å². The van der Waals surface area contributed by atoms with Gasteiger partial charge in [-0.1, -0.05) is 23.2 Å². The Labute approximate surface area is 106 Å². The van der Waals surface area contributed by atoms with Crippen LogP contribution < -0.4 is 0 Å². The minimum absolute atomic E-state index is 0.551. The Bertz CT molecular complexity index is 385. The van der Waals surface area contributed by atoms with Gasteiger partial charge in [-0.15, -0.1) is 0 Å². The average Bonchev–Trinajstić information content (AvgIpc) is 2.32. The highest BCUT2D eigenvalue weighted by molar-refractivity contribution is 6.42. The second-order valence-corrected chi connectivity index (χ2v) is 4.75. The van der Waals surface area contributed by atoms with E-state index in [-0.39, 0.29) is 0 Å². The molecule has 2 rings (SSSR count). The summed E-state index contributed by atoms with van der Waals surface area (Å²) in [6.07, 6.45) is 5.75. The van der Waals surface area contributed by atoms with Crippen LogP contribution in [0.1, 0.15) is 19.3 Å². The number of likely N-dealkylation sites (tertiary alicyclic amines) is 1. The van der Waals surface area contributed by atoms with Gasteiger partial charge in [0.15, 0.2) is 0 Å². The molecule has 16 heavy (non-hydrogen) atoms. The lowest BCUT2D eigenvalue weighted by Gasteiger charge is -2.23. The van der Waals surface area contributed by atoms with Crippen LogP contribution in [0.5, 0.6) is 0 Å². The van der Waals surface area contributed by atoms with Gasteiger partial charge in [-0.2, -0.15) is 0 Å². The molecule has 4 heteroatoms. The summed E-state index contributed by atoms with van der Waals surface area (Å²) in [4.78, 5) is 6.63. The Balaban J connectivity index is 2.02. The van der Waals surface area contributed by atoms with Crippen molar-refractivity contribution in [2.45, 2.75) is 19.3 Å². The number of hydrogen-bond acceptors (Lipinski definition) is 1. The maximum Gasteiger partial charge on any atom is 0.0912 e. The van der Waals surface area contributed by atoms with Gasteiger partial charge in [0, 0.05) is 13.1 Å². The fraction of sp³-hybridized carbons (Fsp3) is 0.417. The number of piperidine rings is 1. The number of nitrogens with zero attached hydrogens (tertiary/aromatic N) is 2. The third kappa shape index (κ3) is 3.13. The van der Waals surface area contributed by atoms with E-state index >= 15 is 0 Å². The van der Waals surface area contributed by atoms with Gasteiger partial charge in [0.05, 0.1) is 22.1 Å². The molecular weight excluding hydrogens is 243 g/mol. The van der Waals surface area contributed by atoms with Gasteiger partial charge in [-0.25, -0.2) is 4.99 Å². The Morgan fingerprint density at radius 3 is 2.50 bits per heavy atom. The summed E-state index contributed by atoms with van der Waals surface area (Å²) in [6, 6.07) is 5.42. The lowest BCUT2D eigenvalue weighted by Crippen LogP contribution is -2.27. The van der Waals surface area contributed by atoms with Crippen LogP contribution in [-0.4, -0.2) is 24.3 Å². The molecule has 0 unspecified atom stereocenters. The third-order valence-electron chi connectivity index (χ3n) is 2.66. The average molecular weight is 257 g/mol. The highest BCUT2D eigenvalue weighted by Crippen LogP contribution is 2.26. The van der Waals surface area contributed by atoms with Gasteiger partial charge in [-0.05, 0) is 37.5 Å². The minimum atomic E-state index is 0.551. The van der Waals surface area contributed by atoms with Crippen LogP contribution in [0.2, 0.25) is 10.0 Å². The fourth-order valence-electron chi connectivity index (χ4n) is 1.75. The van der Waals surface area contributed by atoms with E-state index in [1.165, 1.54) is 19.3 Å². The molecule has 1 heterocycles. The highest BCUT2D eigenvalue weighted by Gasteiger charge is 2.05. The zero-order chi connectivity index (χ0) is 11.4. The summed E-state index contributed by atoms with van der Waals surface area (Å²) in [7, 11) is 0. The standard InChI is InChI=1S/C12H14Cl2N2/c13-11-5-4-10(8-12(11)14)15-9-16-6-2-1-3-7-16/h4-5,8-9H,1-3,6-7H2. The van der Waals surface area contributed by atoms with Gasteiger partial charge < -0.3 is 4.90 Å². The molecule has 0 atom stereocenters. The molecule has 0 radical (unpaired) electrons. The number of aliphatic imine (C=N–C) groups is 1. The van der Waals surface area contributed by atoms with Gasteiger partial charge >= 0.3 is 0 Å². The predicted molar refractivity (Wildman–Crippen MR) is 70.0 cm³/mol. The van der Waals surface area contributed by atoms with E-state index in [1.54, 1.807) is 12.1 Å². The van der Waals surface area contributed by atoms with Crippen LogP contribution in [0.3, 0.4) is 0 Å². The molecule has 0 saturated carbocycles. The van der Waals surface area contributed by atoms with Crippen LogP contribution in [-0.2, 0) is 0 Å². The van der Waals surface area contributed by atoms with Crippen molar-refractivity contribution < 1.29 is 0 Å². The first-order valence-electron chi connectivity index (χ1n) is 5.49. The van der Waals surface area contributed by atoms with E-state index in [9.17, 15) is 0 Å². The first kappa shape index (κ1) is 11.7. The van der Waals surface area contributed by atoms with Crippen molar-refractivity contribution in [3.63, 3.8) is 0 Å². The molecule has 2 nitrogen and oxygen atoms in total. The van der Waals surface area contributed by atoms with E-state index in [0.29, 0.717) is 10.0 Å². The molecule has 0 N–H and O–H groups in total. The first-order chi connectivity index (χ1) is 7.75. The van der Waals surface area contributed by atoms with Crippen LogP contribution in [0.25, 0.3) is 0 Å². The predicted octanol–water partition coefficient (Wildman–Crippen LogP) is 4.14. The van der Waals surface area contributed by atoms with Gasteiger partial charge in [0.25, 0.3) is 0 Å². The lowest BCUT2D eigenvalue weighted by molar-refractivity contribution is 0.351. The van der Waals surface area contributed by atoms with Crippen molar-refractivity contribution >= 4 is 35.2 Å². The molecule has 1 aliphatic heterocycles. The van der Waals surface area contributed by atoms with Crippen molar-refractivity contribution in [3.05, 3.63) is 28.2 Å². The molecule has 86 valence electrons. The molecule has 0 aromatic heterocycles. The topological polar surface area (TPSA) is 15.6 Å². The summed E-state index contributed by atoms with van der Waals surface area (Å²) >= 11 is 11.8. The molecule has 0 bridgehead atoms. The molecule has 1 aromatic carbocycles. The zero-order valence-corrected chi connectivity index (χ0v) is 10.5. The Hall–Kier alpha value is -0.730. The number of rotatable bonds is 2. The Morgan fingerprint density at radius 2 is 1.81 bits per heavy atom. The molecule has 1 saturated heterocycles. The minimum Gasteiger partial charge on any atom is -0.363 e. The summed E-state index contributed by atoms with van der Waals surface area (Å²) in [5, 5.41) is 1.12. The lowest BCUT2D eigenvalue weighted by atomic mass is 10.1. The van der Waals surface area contributed by atoms with Crippen molar-refractivity contribution in [3.8, 4) is 0 Å². The zero-order valence-electron chi connectivity index (χ0n) is 9.00. The first-order valence-corrected chi connectivity index (χ1v) is 6.24. The summed E-state index contributed by atoms with van der Waals surface area (Å²) in [5.74, 6) is 0. The molecule has 1 aromatic rings. The fourth-order valence-corrected chi connectivity index (χ4v) is 2.04. The Kier molecular flexibility index (Phi) is 4.08. The molecule has 0 aliphatic carbocycles. The monoisotopic (exact) mass is 256 g/mol. The second kappa shape index (κ2) is 5.55. The molecule has 0 amide bonds. The van der Waals surface area contributed by atoms with Gasteiger partial charge in [0.2, 0.25) is 0 Å².